The first-order valence-electron chi connectivity index (χ1n) is 10.5. The van der Waals surface area contributed by atoms with Gasteiger partial charge in [0.25, 0.3) is 0 Å². The smallest absolute Gasteiger partial charge is 0.178 e. The summed E-state index contributed by atoms with van der Waals surface area (Å²) < 4.78 is 0. The lowest BCUT2D eigenvalue weighted by Gasteiger charge is -2.40. The number of aliphatic hydroxyl groups is 2. The maximum absolute atomic E-state index is 11.1. The molecule has 0 radical (unpaired) electrons. The zero-order chi connectivity index (χ0) is 25.4. The molecule has 0 saturated carbocycles. The number of nitrogens with one attached hydrogen (secondary N) is 1. The van der Waals surface area contributed by atoms with E-state index in [0.29, 0.717) is 0 Å². The number of carboxylic acid groups (broad SMARTS) is 1. The highest BCUT2D eigenvalue weighted by Gasteiger charge is 2.50. The quantitative estimate of drug-likeness (QED) is 0.573. The number of terminal acetylenes is 2. The summed E-state index contributed by atoms with van der Waals surface area (Å²) in [6.07, 6.45) is 11.2. The van der Waals surface area contributed by atoms with Crippen molar-refractivity contribution in [3.8, 4) is 24.7 Å². The van der Waals surface area contributed by atoms with Crippen LogP contribution in [0.15, 0.2) is 36.4 Å². The minimum atomic E-state index is -1.82. The summed E-state index contributed by atoms with van der Waals surface area (Å²) in [5, 5.41) is 31.4. The Labute approximate surface area is 206 Å². The van der Waals surface area contributed by atoms with Crippen LogP contribution in [0.4, 0.5) is 0 Å². The van der Waals surface area contributed by atoms with Crippen LogP contribution in [0.2, 0.25) is 10.0 Å². The molecule has 0 bridgehead atoms. The number of carboxylic acids is 1. The van der Waals surface area contributed by atoms with E-state index in [9.17, 15) is 10.2 Å². The molecule has 0 aromatic heterocycles. The number of halogens is 2. The van der Waals surface area contributed by atoms with Gasteiger partial charge in [0.2, 0.25) is 0 Å². The van der Waals surface area contributed by atoms with Crippen LogP contribution in [0.25, 0.3) is 0 Å². The second-order valence-corrected chi connectivity index (χ2v) is 8.15. The Hall–Kier alpha value is -2.51. The molecule has 7 heteroatoms. The van der Waals surface area contributed by atoms with Crippen LogP contribution < -0.4 is 10.0 Å². The number of rotatable bonds is 3. The molecule has 0 spiro atoms. The van der Waals surface area contributed by atoms with Gasteiger partial charge in [0, 0.05) is 38.3 Å². The number of carbonyl (C=O) groups excluding carboxylic acids is 1. The van der Waals surface area contributed by atoms with Crippen molar-refractivity contribution in [1.82, 2.24) is 0 Å². The highest BCUT2D eigenvalue weighted by atomic mass is 35.5. The lowest BCUT2D eigenvalue weighted by molar-refractivity contribution is -0.894. The van der Waals surface area contributed by atoms with Crippen molar-refractivity contribution in [2.24, 2.45) is 0 Å². The van der Waals surface area contributed by atoms with Gasteiger partial charge in [-0.05, 0) is 39.8 Å². The molecule has 0 unspecified atom stereocenters. The summed E-state index contributed by atoms with van der Waals surface area (Å²) in [5.41, 5.74) is -2.73. The van der Waals surface area contributed by atoms with E-state index in [-0.39, 0.29) is 32.3 Å². The van der Waals surface area contributed by atoms with E-state index in [2.05, 4.69) is 32.6 Å². The first-order chi connectivity index (χ1) is 15.5. The summed E-state index contributed by atoms with van der Waals surface area (Å²) in [4.78, 5) is 10.6. The van der Waals surface area contributed by atoms with Crippen LogP contribution in [0.5, 0.6) is 0 Å². The lowest BCUT2D eigenvalue weighted by atomic mass is 9.68. The number of hydrogen-bond acceptors (Lipinski definition) is 4. The fourth-order valence-electron chi connectivity index (χ4n) is 3.71. The molecule has 2 aromatic carbocycles. The Kier molecular flexibility index (Phi) is 10.5. The minimum absolute atomic E-state index is 0.203. The molecular weight excluding hydrogens is 461 g/mol. The van der Waals surface area contributed by atoms with Gasteiger partial charge in [-0.15, -0.1) is 12.8 Å². The monoisotopic (exact) mass is 489 g/mol. The predicted molar refractivity (Wildman–Crippen MR) is 130 cm³/mol. The molecule has 3 N–H and O–H groups in total. The molecule has 176 valence electrons. The number of fused-ring (bicyclic) bond motifs is 2. The second kappa shape index (κ2) is 12.1. The average Bonchev–Trinajstić information content (AvgIpc) is 2.78. The fraction of sp³-hybridized carbons (Fsp3) is 0.346. The Bertz CT molecular complexity index is 986. The molecule has 0 aliphatic heterocycles. The van der Waals surface area contributed by atoms with Gasteiger partial charge in [-0.1, -0.05) is 59.3 Å². The third kappa shape index (κ3) is 5.89. The van der Waals surface area contributed by atoms with Crippen molar-refractivity contribution in [3.63, 3.8) is 0 Å². The number of quaternary nitrogens is 1. The molecule has 0 amide bonds. The van der Waals surface area contributed by atoms with Crippen LogP contribution in [0.1, 0.15) is 49.9 Å². The van der Waals surface area contributed by atoms with Gasteiger partial charge in [-0.2, -0.15) is 0 Å². The maximum atomic E-state index is 11.1. The van der Waals surface area contributed by atoms with Crippen molar-refractivity contribution in [3.05, 3.63) is 68.7 Å². The minimum Gasteiger partial charge on any atom is -0.550 e. The van der Waals surface area contributed by atoms with E-state index >= 15 is 0 Å². The standard InChI is InChI=1S/C18H10Cl2O2.C6H15N.C2H4O2/c1-3-17(21)11-7-5-10-14(20)16(11)18(22,4-2)12-8-6-9-13(19)15(12)17;1-4-7(5-2)6-3;1-2(3)4/h1-2,5-10,21-22H;4-6H2,1-3H3;1H3,(H,3,4)/t17-,18+;;. The molecule has 0 saturated heterocycles. The number of aliphatic carboxylic acids is 1. The van der Waals surface area contributed by atoms with Gasteiger partial charge in [0.1, 0.15) is 0 Å². The number of benzene rings is 2. The van der Waals surface area contributed by atoms with E-state index in [1.54, 1.807) is 41.3 Å². The summed E-state index contributed by atoms with van der Waals surface area (Å²) in [6, 6.07) is 9.57. The Morgan fingerprint density at radius 3 is 1.42 bits per heavy atom. The van der Waals surface area contributed by atoms with Gasteiger partial charge in [-0.25, -0.2) is 0 Å². The van der Waals surface area contributed by atoms with Gasteiger partial charge >= 0.3 is 0 Å². The van der Waals surface area contributed by atoms with E-state index in [4.69, 9.17) is 45.9 Å². The number of carbonyl (C=O) groups is 1. The summed E-state index contributed by atoms with van der Waals surface area (Å²) in [7, 11) is 0. The Morgan fingerprint density at radius 1 is 0.909 bits per heavy atom. The van der Waals surface area contributed by atoms with Crippen molar-refractivity contribution in [2.45, 2.75) is 38.9 Å². The average molecular weight is 490 g/mol. The molecule has 1 aliphatic rings. The zero-order valence-corrected chi connectivity index (χ0v) is 20.7. The largest absolute Gasteiger partial charge is 0.550 e. The number of hydrogen-bond donors (Lipinski definition) is 3. The van der Waals surface area contributed by atoms with Crippen molar-refractivity contribution >= 4 is 29.2 Å². The molecule has 2 atom stereocenters. The van der Waals surface area contributed by atoms with Crippen molar-refractivity contribution < 1.29 is 25.0 Å². The third-order valence-corrected chi connectivity index (χ3v) is 6.08. The molecule has 2 aromatic rings. The first-order valence-corrected chi connectivity index (χ1v) is 11.2. The van der Waals surface area contributed by atoms with Crippen LogP contribution >= 0.6 is 23.2 Å². The highest BCUT2D eigenvalue weighted by Crippen LogP contribution is 2.51. The lowest BCUT2D eigenvalue weighted by Crippen LogP contribution is -3.11. The van der Waals surface area contributed by atoms with Gasteiger partial charge in [-0.3, -0.25) is 0 Å². The third-order valence-electron chi connectivity index (χ3n) is 5.45. The van der Waals surface area contributed by atoms with E-state index < -0.39 is 17.2 Å². The Morgan fingerprint density at radius 2 is 1.21 bits per heavy atom. The molecule has 33 heavy (non-hydrogen) atoms. The van der Waals surface area contributed by atoms with Gasteiger partial charge in [0.05, 0.1) is 19.6 Å². The van der Waals surface area contributed by atoms with Crippen LogP contribution in [-0.2, 0) is 16.0 Å². The topological polar surface area (TPSA) is 85.0 Å². The normalized spacial score (nSPS) is 20.0. The van der Waals surface area contributed by atoms with Gasteiger partial charge < -0.3 is 25.0 Å². The van der Waals surface area contributed by atoms with Crippen molar-refractivity contribution in [2.75, 3.05) is 19.6 Å². The predicted octanol–water partition coefficient (Wildman–Crippen LogP) is 1.73. The summed E-state index contributed by atoms with van der Waals surface area (Å²) >= 11 is 12.5. The summed E-state index contributed by atoms with van der Waals surface area (Å²) in [5.74, 6) is 3.63. The van der Waals surface area contributed by atoms with Crippen LogP contribution in [-0.4, -0.2) is 35.8 Å². The fourth-order valence-corrected chi connectivity index (χ4v) is 4.33. The van der Waals surface area contributed by atoms with E-state index in [0.717, 1.165) is 6.92 Å². The SMILES string of the molecule is C#C[C@@]1(O)c2cccc(Cl)c2[C@](O)(C#C)c2cccc(Cl)c21.CC(=O)[O-].CC[NH+](CC)CC. The molecule has 0 heterocycles. The van der Waals surface area contributed by atoms with Crippen molar-refractivity contribution in [1.29, 1.82) is 0 Å². The maximum Gasteiger partial charge on any atom is 0.178 e. The second-order valence-electron chi connectivity index (χ2n) is 7.34. The zero-order valence-electron chi connectivity index (χ0n) is 19.2. The summed E-state index contributed by atoms with van der Waals surface area (Å²) in [6.45, 7) is 11.5. The van der Waals surface area contributed by atoms with Gasteiger partial charge in [0.15, 0.2) is 11.2 Å². The molecule has 1 aliphatic carbocycles. The Balaban J connectivity index is 0.000000415. The van der Waals surface area contributed by atoms with E-state index in [1.165, 1.54) is 19.6 Å². The molecule has 3 rings (SSSR count). The van der Waals surface area contributed by atoms with E-state index in [1.807, 2.05) is 0 Å². The first kappa shape index (κ1) is 28.5. The van der Waals surface area contributed by atoms with Crippen LogP contribution in [0.3, 0.4) is 0 Å². The molecule has 0 fully saturated rings. The molecular formula is C26H29Cl2NO4. The highest BCUT2D eigenvalue weighted by molar-refractivity contribution is 6.32. The molecule has 5 nitrogen and oxygen atoms in total. The van der Waals surface area contributed by atoms with Crippen LogP contribution in [0, 0.1) is 24.7 Å².